The summed E-state index contributed by atoms with van der Waals surface area (Å²) in [7, 11) is 0. The number of nitro benzene ring substituents is 1. The molecule has 7 heteroatoms. The van der Waals surface area contributed by atoms with E-state index < -0.39 is 34.0 Å². The molecule has 0 radical (unpaired) electrons. The van der Waals surface area contributed by atoms with Crippen LogP contribution in [0.25, 0.3) is 0 Å². The Hall–Kier alpha value is -1.89. The van der Waals surface area contributed by atoms with E-state index in [-0.39, 0.29) is 0 Å². The summed E-state index contributed by atoms with van der Waals surface area (Å²) in [6.45, 7) is 0.609. The van der Waals surface area contributed by atoms with Gasteiger partial charge in [0.15, 0.2) is 6.10 Å². The molecule has 0 aliphatic carbocycles. The largest absolute Gasteiger partial charge is 0.381 e. The minimum Gasteiger partial charge on any atom is -0.381 e. The second-order valence-corrected chi connectivity index (χ2v) is 3.40. The fourth-order valence-corrected chi connectivity index (χ4v) is 1.27. The van der Waals surface area contributed by atoms with Crippen LogP contribution >= 0.6 is 0 Å². The molecule has 5 nitrogen and oxygen atoms in total. The highest BCUT2D eigenvalue weighted by Gasteiger charge is 2.46. The van der Waals surface area contributed by atoms with Crippen LogP contribution in [-0.2, 0) is 4.79 Å². The number of rotatable bonds is 4. The zero-order valence-corrected chi connectivity index (χ0v) is 8.76. The maximum Gasteiger partial charge on any atom is 0.334 e. The first-order valence-corrected chi connectivity index (χ1v) is 4.58. The fraction of sp³-hybridized carbons (Fsp3) is 0.300. The van der Waals surface area contributed by atoms with Crippen LogP contribution < -0.4 is 0 Å². The Bertz CT molecular complexity index is 461. The number of hydrogen-bond acceptors (Lipinski definition) is 4. The fourth-order valence-electron chi connectivity index (χ4n) is 1.27. The normalized spacial score (nSPS) is 13.2. The van der Waals surface area contributed by atoms with Crippen molar-refractivity contribution < 1.29 is 23.6 Å². The van der Waals surface area contributed by atoms with E-state index in [0.29, 0.717) is 6.92 Å². The van der Waals surface area contributed by atoms with E-state index in [9.17, 15) is 28.8 Å². The Balaban J connectivity index is 3.26. The average molecular weight is 245 g/mol. The first-order valence-electron chi connectivity index (χ1n) is 4.58. The number of aliphatic hydroxyl groups excluding tert-OH is 1. The van der Waals surface area contributed by atoms with E-state index in [0.717, 1.165) is 12.1 Å². The topological polar surface area (TPSA) is 80.4 Å². The summed E-state index contributed by atoms with van der Waals surface area (Å²) >= 11 is 0. The number of benzene rings is 1. The number of carbonyl (C=O) groups is 1. The van der Waals surface area contributed by atoms with E-state index >= 15 is 0 Å². The first-order chi connectivity index (χ1) is 7.78. The van der Waals surface area contributed by atoms with Crippen LogP contribution in [0.4, 0.5) is 14.5 Å². The quantitative estimate of drug-likeness (QED) is 0.648. The minimum atomic E-state index is -4.05. The van der Waals surface area contributed by atoms with Crippen molar-refractivity contribution in [2.75, 3.05) is 0 Å². The summed E-state index contributed by atoms with van der Waals surface area (Å²) in [4.78, 5) is 20.4. The van der Waals surface area contributed by atoms with Crippen molar-refractivity contribution in [3.8, 4) is 0 Å². The number of ketones is 1. The van der Waals surface area contributed by atoms with E-state index in [1.165, 1.54) is 12.1 Å². The van der Waals surface area contributed by atoms with Gasteiger partial charge in [-0.05, 0) is 6.07 Å². The van der Waals surface area contributed by atoms with Gasteiger partial charge in [0.25, 0.3) is 5.69 Å². The third-order valence-electron chi connectivity index (χ3n) is 2.24. The lowest BCUT2D eigenvalue weighted by molar-refractivity contribution is -0.386. The number of alkyl halides is 2. The van der Waals surface area contributed by atoms with Gasteiger partial charge in [0.2, 0.25) is 5.78 Å². The van der Waals surface area contributed by atoms with Crippen molar-refractivity contribution in [1.29, 1.82) is 0 Å². The van der Waals surface area contributed by atoms with Crippen molar-refractivity contribution in [2.45, 2.75) is 19.0 Å². The molecular formula is C10H9F2NO4. The highest BCUT2D eigenvalue weighted by molar-refractivity contribution is 5.84. The highest BCUT2D eigenvalue weighted by Crippen LogP contribution is 2.36. The number of nitrogens with zero attached hydrogens (tertiary/aromatic N) is 1. The third kappa shape index (κ3) is 2.44. The average Bonchev–Trinajstić information content (AvgIpc) is 2.27. The zero-order chi connectivity index (χ0) is 13.2. The van der Waals surface area contributed by atoms with Crippen LogP contribution in [0.5, 0.6) is 0 Å². The molecule has 0 fully saturated rings. The Morgan fingerprint density at radius 3 is 2.47 bits per heavy atom. The van der Waals surface area contributed by atoms with Gasteiger partial charge in [0.1, 0.15) is 0 Å². The maximum atomic E-state index is 13.2. The van der Waals surface area contributed by atoms with Gasteiger partial charge in [-0.15, -0.1) is 0 Å². The molecule has 0 aliphatic heterocycles. The zero-order valence-electron chi connectivity index (χ0n) is 8.76. The smallest absolute Gasteiger partial charge is 0.334 e. The molecule has 1 atom stereocenters. The minimum absolute atomic E-state index is 0.585. The first kappa shape index (κ1) is 13.2. The monoisotopic (exact) mass is 245 g/mol. The Morgan fingerprint density at radius 2 is 2.00 bits per heavy atom. The lowest BCUT2D eigenvalue weighted by Gasteiger charge is -2.19. The van der Waals surface area contributed by atoms with E-state index in [1.807, 2.05) is 0 Å². The van der Waals surface area contributed by atoms with Crippen molar-refractivity contribution in [1.82, 2.24) is 0 Å². The van der Waals surface area contributed by atoms with Crippen molar-refractivity contribution in [3.63, 3.8) is 0 Å². The second-order valence-electron chi connectivity index (χ2n) is 3.40. The van der Waals surface area contributed by atoms with Gasteiger partial charge < -0.3 is 5.11 Å². The molecule has 0 aliphatic rings. The molecule has 0 spiro atoms. The van der Waals surface area contributed by atoms with Gasteiger partial charge in [-0.3, -0.25) is 14.9 Å². The lowest BCUT2D eigenvalue weighted by atomic mass is 9.99. The molecule has 0 bridgehead atoms. The van der Waals surface area contributed by atoms with E-state index in [2.05, 4.69) is 0 Å². The summed E-state index contributed by atoms with van der Waals surface area (Å²) in [5.74, 6) is -5.60. The Morgan fingerprint density at radius 1 is 1.47 bits per heavy atom. The number of nitro groups is 1. The molecule has 1 N–H and O–H groups in total. The van der Waals surface area contributed by atoms with Gasteiger partial charge in [0, 0.05) is 13.0 Å². The molecule has 1 aromatic carbocycles. The Kier molecular flexibility index (Phi) is 3.52. The number of Topliss-reactive ketones (excluding diaryl/α,β-unsaturated/α-hetero) is 1. The molecule has 0 aromatic heterocycles. The Labute approximate surface area is 94.8 Å². The molecule has 0 heterocycles. The number of carbonyl (C=O) groups excluding carboxylic acids is 1. The molecule has 0 amide bonds. The predicted molar refractivity (Wildman–Crippen MR) is 53.7 cm³/mol. The molecule has 0 saturated carbocycles. The van der Waals surface area contributed by atoms with Gasteiger partial charge in [-0.2, -0.15) is 8.78 Å². The molecule has 1 unspecified atom stereocenters. The molecule has 17 heavy (non-hydrogen) atoms. The number of halogens is 2. The summed E-state index contributed by atoms with van der Waals surface area (Å²) in [5, 5.41) is 20.0. The highest BCUT2D eigenvalue weighted by atomic mass is 19.3. The summed E-state index contributed by atoms with van der Waals surface area (Å²) in [6.07, 6.45) is -2.53. The van der Waals surface area contributed by atoms with Gasteiger partial charge in [-0.1, -0.05) is 12.1 Å². The van der Waals surface area contributed by atoms with Crippen LogP contribution in [0.2, 0.25) is 0 Å². The van der Waals surface area contributed by atoms with Crippen LogP contribution in [0.15, 0.2) is 24.3 Å². The predicted octanol–water partition coefficient (Wildman–Crippen LogP) is 1.85. The third-order valence-corrected chi connectivity index (χ3v) is 2.24. The van der Waals surface area contributed by atoms with Gasteiger partial charge >= 0.3 is 5.92 Å². The summed E-state index contributed by atoms with van der Waals surface area (Å²) in [6, 6.07) is 4.51. The van der Waals surface area contributed by atoms with Crippen LogP contribution in [0.3, 0.4) is 0 Å². The molecule has 1 rings (SSSR count). The van der Waals surface area contributed by atoms with Crippen LogP contribution in [0, 0.1) is 10.1 Å². The SMILES string of the molecule is CC(=O)C(F)(F)C(O)c1ccccc1[N+](=O)[O-]. The second kappa shape index (κ2) is 4.54. The number of hydrogen-bond donors (Lipinski definition) is 1. The van der Waals surface area contributed by atoms with Gasteiger partial charge in [-0.25, -0.2) is 0 Å². The summed E-state index contributed by atoms with van der Waals surface area (Å²) in [5.41, 5.74) is -1.24. The lowest BCUT2D eigenvalue weighted by Crippen LogP contribution is -2.34. The van der Waals surface area contributed by atoms with Crippen LogP contribution in [-0.4, -0.2) is 21.7 Å². The number of para-hydroxylation sites is 1. The van der Waals surface area contributed by atoms with Crippen LogP contribution in [0.1, 0.15) is 18.6 Å². The molecule has 92 valence electrons. The van der Waals surface area contributed by atoms with Crippen molar-refractivity contribution >= 4 is 11.5 Å². The maximum absolute atomic E-state index is 13.2. The number of aliphatic hydroxyl groups is 1. The molecule has 1 aromatic rings. The molecule has 0 saturated heterocycles. The summed E-state index contributed by atoms with van der Waals surface area (Å²) < 4.78 is 26.5. The van der Waals surface area contributed by atoms with Crippen molar-refractivity contribution in [3.05, 3.63) is 39.9 Å². The molecular weight excluding hydrogens is 236 g/mol. The standard InChI is InChI=1S/C10H9F2NO4/c1-6(14)10(11,12)9(15)7-4-2-3-5-8(7)13(16)17/h2-5,9,15H,1H3. The van der Waals surface area contributed by atoms with E-state index in [4.69, 9.17) is 0 Å². The van der Waals surface area contributed by atoms with Crippen molar-refractivity contribution in [2.24, 2.45) is 0 Å². The van der Waals surface area contributed by atoms with E-state index in [1.54, 1.807) is 0 Å². The van der Waals surface area contributed by atoms with Gasteiger partial charge in [0.05, 0.1) is 10.5 Å².